The lowest BCUT2D eigenvalue weighted by atomic mass is 10.1. The number of β-amino-alcohol motifs (C(OH)–C–C–N with tert-alkyl or cyclic N) is 1. The van der Waals surface area contributed by atoms with Crippen molar-refractivity contribution in [3.8, 4) is 45.0 Å². The van der Waals surface area contributed by atoms with Gasteiger partial charge in [0.1, 0.15) is 22.8 Å². The van der Waals surface area contributed by atoms with E-state index >= 15 is 0 Å². The summed E-state index contributed by atoms with van der Waals surface area (Å²) in [7, 11) is 6.60. The first kappa shape index (κ1) is 85.4. The maximum atomic E-state index is 12.8. The maximum Gasteiger partial charge on any atom is 0.274 e. The van der Waals surface area contributed by atoms with E-state index in [2.05, 4.69) is 103 Å². The zero-order valence-corrected chi connectivity index (χ0v) is 66.7. The maximum absolute atomic E-state index is 12.8. The lowest BCUT2D eigenvalue weighted by molar-refractivity contribution is 0.00206. The number of nitrogens with one attached hydrogen (secondary N) is 8. The highest BCUT2D eigenvalue weighted by Gasteiger charge is 2.28. The van der Waals surface area contributed by atoms with Crippen molar-refractivity contribution in [1.29, 1.82) is 0 Å². The van der Waals surface area contributed by atoms with E-state index in [-0.39, 0.29) is 108 Å². The van der Waals surface area contributed by atoms with E-state index in [1.165, 1.54) is 35.8 Å². The smallest absolute Gasteiger partial charge is 0.274 e. The SMILES string of the molecule is Cn1cc2c(n1)C(=O)NC/C=C\CCCn1cc(cn1)-c1cccc(n1)C(=O)N2.Cn1cc2c(n1)C(=O)NCC(O)C(O)CCCn1cc(cn1)-c1cccc(n1)C(=O)N2.Cn1cc2c(n1)C(=O)NCCC(O)C(O)CCn1cc(cn1)-c1cccc(n1)C(=O)N2.Cn1cc2c(n1)C(=O)NCCCC(O)C(O)Cn1cc(cn1)-c1cccc(n1)C(=O)N2. The number of allylic oxidation sites excluding steroid dienone is 1. The van der Waals surface area contributed by atoms with Crippen LogP contribution in [0.25, 0.3) is 45.0 Å². The summed E-state index contributed by atoms with van der Waals surface area (Å²) in [5.41, 5.74) is 7.41. The number of rotatable bonds is 0. The summed E-state index contributed by atoms with van der Waals surface area (Å²) in [4.78, 5) is 119. The van der Waals surface area contributed by atoms with Crippen LogP contribution in [0.15, 0.2) is 159 Å². The highest BCUT2D eigenvalue weighted by molar-refractivity contribution is 6.10. The van der Waals surface area contributed by atoms with Crippen LogP contribution in [0.1, 0.15) is 135 Å². The molecule has 0 saturated carbocycles. The van der Waals surface area contributed by atoms with Gasteiger partial charge >= 0.3 is 0 Å². The first-order valence-corrected chi connectivity index (χ1v) is 39.1. The highest BCUT2D eigenvalue weighted by Crippen LogP contribution is 2.26. The summed E-state index contributed by atoms with van der Waals surface area (Å²) in [6.07, 6.45) is 21.8. The van der Waals surface area contributed by atoms with Crippen LogP contribution in [0, 0.1) is 0 Å². The van der Waals surface area contributed by atoms with Crippen molar-refractivity contribution in [2.75, 3.05) is 47.4 Å². The number of anilines is 4. The monoisotopic (exact) mass is 1670 g/mol. The van der Waals surface area contributed by atoms with Gasteiger partial charge < -0.3 is 73.2 Å². The minimum atomic E-state index is -1.14. The molecular weight excluding hydrogens is 1580 g/mol. The third kappa shape index (κ3) is 22.1. The standard InChI is InChI=1S/3C20H23N7O4.C20H21N7O2/c1-26-11-15-18(25-26)20(31)21-9-17(29)16(28)6-3-7-27-10-12(8-22-27)13-4-2-5-14(23-13)19(30)24-15;1-26-10-15-18(25-26)20(31)21-7-3-6-16(28)17(29)11-27-9-12(8-22-27)13-4-2-5-14(23-13)19(30)24-15;1-26-11-15-18(25-26)20(31)21-7-5-16(28)17(29)6-8-27-10-12(9-22-27)13-3-2-4-14(23-13)19(30)24-15;1-26-13-17-18(25-26)20(29)21-9-4-2-3-5-10-27-12-14(11-22-27)15-7-6-8-16(23-15)19(28)24-17/h2,4-5,8,10-11,16-17,28-29H,3,6-7,9H2,1H3,(H,21,31)(H,24,30);2,4-5,8-10,16-17,28-29H,3,6-7,11H2,1H3,(H,21,31)(H,24,30);2-4,9-11,16-17,28-29H,5-8H2,1H3,(H,21,31)(H,24,30);2,4,6-8,11-13H,3,5,9-10H2,1H3,(H,21,29)(H,24,28)/b;;;4-2-. The van der Waals surface area contributed by atoms with E-state index in [0.29, 0.717) is 84.9 Å². The molecule has 634 valence electrons. The molecule has 0 spiro atoms. The van der Waals surface area contributed by atoms with Crippen molar-refractivity contribution < 1.29 is 69.0 Å². The van der Waals surface area contributed by atoms with Gasteiger partial charge in [0.25, 0.3) is 47.3 Å². The predicted molar refractivity (Wildman–Crippen MR) is 438 cm³/mol. The second-order valence-corrected chi connectivity index (χ2v) is 28.9. The topological polar surface area (TPSA) is 548 Å². The number of aliphatic hydroxyl groups is 6. The van der Waals surface area contributed by atoms with Crippen LogP contribution in [0.3, 0.4) is 0 Å². The Hall–Kier alpha value is -14.5. The fourth-order valence-corrected chi connectivity index (χ4v) is 13.1. The van der Waals surface area contributed by atoms with Gasteiger partial charge in [-0.3, -0.25) is 75.8 Å². The van der Waals surface area contributed by atoms with Gasteiger partial charge in [0.15, 0.2) is 22.8 Å². The van der Waals surface area contributed by atoms with Crippen LogP contribution in [0.5, 0.6) is 0 Å². The molecule has 16 rings (SSSR count). The lowest BCUT2D eigenvalue weighted by Crippen LogP contribution is -2.39. The molecule has 122 heavy (non-hydrogen) atoms. The number of amides is 8. The molecule has 16 bridgehead atoms. The average Bonchev–Trinajstić information content (AvgIpc) is 1.51. The molecule has 12 aromatic rings. The van der Waals surface area contributed by atoms with Crippen LogP contribution in [0.4, 0.5) is 22.7 Å². The normalized spacial score (nSPS) is 19.3. The molecule has 12 aromatic heterocycles. The van der Waals surface area contributed by atoms with Crippen molar-refractivity contribution in [3.05, 3.63) is 205 Å². The summed E-state index contributed by atoms with van der Waals surface area (Å²) in [6, 6.07) is 20.4. The average molecular weight is 1670 g/mol. The van der Waals surface area contributed by atoms with Gasteiger partial charge in [-0.2, -0.15) is 40.8 Å². The van der Waals surface area contributed by atoms with E-state index < -0.39 is 78.0 Å². The van der Waals surface area contributed by atoms with Crippen LogP contribution in [0.2, 0.25) is 0 Å². The fraction of sp³-hybridized carbons (Fsp3) is 0.325. The van der Waals surface area contributed by atoms with Crippen LogP contribution < -0.4 is 42.5 Å². The van der Waals surface area contributed by atoms with Gasteiger partial charge in [-0.15, -0.1) is 0 Å². The first-order valence-electron chi connectivity index (χ1n) is 39.1. The molecule has 0 saturated heterocycles. The summed E-state index contributed by atoms with van der Waals surface area (Å²) >= 11 is 0. The Morgan fingerprint density at radius 1 is 0.320 bits per heavy atom. The summed E-state index contributed by atoms with van der Waals surface area (Å²) < 4.78 is 12.5. The number of hydrogen-bond donors (Lipinski definition) is 14. The molecule has 14 N–H and O–H groups in total. The molecule has 42 heteroatoms. The Kier molecular flexibility index (Phi) is 27.6. The van der Waals surface area contributed by atoms with E-state index in [1.54, 1.807) is 154 Å². The van der Waals surface area contributed by atoms with E-state index in [1.807, 2.05) is 35.3 Å². The van der Waals surface area contributed by atoms with Gasteiger partial charge in [0, 0.05) is 146 Å². The number of aromatic nitrogens is 20. The molecule has 0 aliphatic carbocycles. The summed E-state index contributed by atoms with van der Waals surface area (Å²) in [6.45, 7) is 2.45. The Morgan fingerprint density at radius 2 is 0.656 bits per heavy atom. The van der Waals surface area contributed by atoms with Gasteiger partial charge in [0.2, 0.25) is 0 Å². The molecule has 4 aliphatic rings. The molecule has 6 unspecified atom stereocenters. The Bertz CT molecular complexity index is 5790. The third-order valence-electron chi connectivity index (χ3n) is 19.5. The number of aliphatic hydroxyl groups excluding tert-OH is 6. The summed E-state index contributed by atoms with van der Waals surface area (Å²) in [5.74, 6) is -3.73. The number of fused-ring (bicyclic) bond motifs is 24. The van der Waals surface area contributed by atoms with Crippen molar-refractivity contribution in [2.24, 2.45) is 28.2 Å². The van der Waals surface area contributed by atoms with Crippen LogP contribution >= 0.6 is 0 Å². The van der Waals surface area contributed by atoms with E-state index in [4.69, 9.17) is 0 Å². The van der Waals surface area contributed by atoms with Crippen molar-refractivity contribution in [1.82, 2.24) is 119 Å². The Morgan fingerprint density at radius 3 is 1.09 bits per heavy atom. The molecular formula is C80H90N28O14. The third-order valence-corrected chi connectivity index (χ3v) is 19.5. The number of aryl methyl sites for hydroxylation is 7. The quantitative estimate of drug-likeness (QED) is 0.0970. The zero-order valence-electron chi connectivity index (χ0n) is 66.7. The molecule has 8 amide bonds. The van der Waals surface area contributed by atoms with E-state index in [0.717, 1.165) is 30.5 Å². The number of pyridine rings is 4. The van der Waals surface area contributed by atoms with Crippen molar-refractivity contribution in [3.63, 3.8) is 0 Å². The number of carbonyl (C=O) groups is 8. The fourth-order valence-electron chi connectivity index (χ4n) is 13.1. The number of nitrogens with zero attached hydrogens (tertiary/aromatic N) is 20. The summed E-state index contributed by atoms with van der Waals surface area (Å²) in [5, 5.41) is 116. The highest BCUT2D eigenvalue weighted by atomic mass is 16.3. The molecule has 6 atom stereocenters. The largest absolute Gasteiger partial charge is 0.390 e. The molecule has 0 radical (unpaired) electrons. The minimum absolute atomic E-state index is 0.00362. The van der Waals surface area contributed by atoms with Crippen LogP contribution in [-0.2, 0) is 54.4 Å². The van der Waals surface area contributed by atoms with Gasteiger partial charge in [-0.25, -0.2) is 19.9 Å². The molecule has 0 aromatic carbocycles. The number of hydrogen-bond acceptors (Lipinski definition) is 26. The van der Waals surface area contributed by atoms with Crippen molar-refractivity contribution in [2.45, 2.75) is 114 Å². The van der Waals surface area contributed by atoms with Crippen molar-refractivity contribution >= 4 is 70.0 Å². The second kappa shape index (κ2) is 39.4. The molecule has 16 heterocycles. The second-order valence-electron chi connectivity index (χ2n) is 28.9. The van der Waals surface area contributed by atoms with Gasteiger partial charge in [-0.1, -0.05) is 36.4 Å². The Labute approximate surface area is 695 Å². The van der Waals surface area contributed by atoms with Gasteiger partial charge in [-0.05, 0) is 99.9 Å². The van der Waals surface area contributed by atoms with Crippen LogP contribution in [-0.4, -0.2) is 239 Å². The molecule has 42 nitrogen and oxygen atoms in total. The molecule has 4 aliphatic heterocycles. The zero-order chi connectivity index (χ0) is 86.1. The lowest BCUT2D eigenvalue weighted by Gasteiger charge is -2.18. The minimum Gasteiger partial charge on any atom is -0.390 e. The van der Waals surface area contributed by atoms with E-state index in [9.17, 15) is 69.0 Å². The number of carbonyl (C=O) groups excluding carboxylic acids is 8. The van der Waals surface area contributed by atoms with Gasteiger partial charge in [0.05, 0.1) is 113 Å². The molecule has 0 fully saturated rings. The first-order chi connectivity index (χ1) is 58.8. The Balaban J connectivity index is 0.000000140. The predicted octanol–water partition coefficient (Wildman–Crippen LogP) is 2.54.